The van der Waals surface area contributed by atoms with Gasteiger partial charge in [0.25, 0.3) is 0 Å². The van der Waals surface area contributed by atoms with Gasteiger partial charge in [-0.3, -0.25) is 0 Å². The molecule has 1 fully saturated rings. The van der Waals surface area contributed by atoms with E-state index in [2.05, 4.69) is 20.3 Å². The van der Waals surface area contributed by atoms with Crippen LogP contribution < -0.4 is 10.2 Å². The third kappa shape index (κ3) is 2.89. The molecule has 0 spiro atoms. The molecule has 1 aromatic heterocycles. The van der Waals surface area contributed by atoms with Crippen molar-refractivity contribution in [1.29, 1.82) is 0 Å². The lowest BCUT2D eigenvalue weighted by molar-refractivity contribution is 0.793. The Balaban J connectivity index is 2.13. The van der Waals surface area contributed by atoms with Crippen LogP contribution in [0.2, 0.25) is 5.28 Å². The zero-order chi connectivity index (χ0) is 11.5. The fourth-order valence-electron chi connectivity index (χ4n) is 1.44. The van der Waals surface area contributed by atoms with Crippen molar-refractivity contribution in [2.45, 2.75) is 12.5 Å². The lowest BCUT2D eigenvalue weighted by Gasteiger charge is -2.14. The van der Waals surface area contributed by atoms with Gasteiger partial charge < -0.3 is 10.2 Å². The standard InChI is InChI=1S/C9H14ClN5S/c1-15(2)9-13-7(10)12-8(14-9)11-6-3-4-16-5-6/h6H,3-5H2,1-2H3,(H,11,12,13,14). The minimum Gasteiger partial charge on any atom is -0.350 e. The summed E-state index contributed by atoms with van der Waals surface area (Å²) in [6, 6.07) is 0.443. The fraction of sp³-hybridized carbons (Fsp3) is 0.667. The van der Waals surface area contributed by atoms with E-state index in [-0.39, 0.29) is 5.28 Å². The smallest absolute Gasteiger partial charge is 0.230 e. The molecule has 5 nitrogen and oxygen atoms in total. The largest absolute Gasteiger partial charge is 0.350 e. The second kappa shape index (κ2) is 5.05. The van der Waals surface area contributed by atoms with Crippen LogP contribution in [0.15, 0.2) is 0 Å². The Morgan fingerprint density at radius 3 is 2.81 bits per heavy atom. The quantitative estimate of drug-likeness (QED) is 0.888. The minimum atomic E-state index is 0.229. The Hall–Kier alpha value is -0.750. The number of nitrogens with zero attached hydrogens (tertiary/aromatic N) is 4. The van der Waals surface area contributed by atoms with Crippen LogP contribution in [0.4, 0.5) is 11.9 Å². The van der Waals surface area contributed by atoms with Gasteiger partial charge in [-0.05, 0) is 23.8 Å². The number of anilines is 2. The molecule has 1 saturated heterocycles. The number of nitrogens with one attached hydrogen (secondary N) is 1. The molecule has 1 aliphatic heterocycles. The molecule has 1 aromatic rings. The molecule has 0 amide bonds. The van der Waals surface area contributed by atoms with E-state index in [4.69, 9.17) is 11.6 Å². The third-order valence-electron chi connectivity index (χ3n) is 2.26. The first-order valence-electron chi connectivity index (χ1n) is 5.08. The highest BCUT2D eigenvalue weighted by atomic mass is 35.5. The average molecular weight is 260 g/mol. The lowest BCUT2D eigenvalue weighted by Crippen LogP contribution is -2.21. The van der Waals surface area contributed by atoms with Crippen molar-refractivity contribution in [2.24, 2.45) is 0 Å². The van der Waals surface area contributed by atoms with Crippen molar-refractivity contribution in [3.05, 3.63) is 5.28 Å². The Kier molecular flexibility index (Phi) is 3.70. The van der Waals surface area contributed by atoms with Gasteiger partial charge in [0, 0.05) is 25.9 Å². The molecule has 2 rings (SSSR count). The summed E-state index contributed by atoms with van der Waals surface area (Å²) in [6.45, 7) is 0. The highest BCUT2D eigenvalue weighted by molar-refractivity contribution is 7.99. The average Bonchev–Trinajstić information content (AvgIpc) is 2.69. The summed E-state index contributed by atoms with van der Waals surface area (Å²) in [5, 5.41) is 3.51. The predicted octanol–water partition coefficient (Wildman–Crippen LogP) is 1.51. The molecule has 1 aliphatic rings. The zero-order valence-electron chi connectivity index (χ0n) is 9.27. The van der Waals surface area contributed by atoms with Crippen LogP contribution in [-0.2, 0) is 0 Å². The predicted molar refractivity (Wildman–Crippen MR) is 68.5 cm³/mol. The SMILES string of the molecule is CN(C)c1nc(Cl)nc(NC2CCSC2)n1. The van der Waals surface area contributed by atoms with Crippen molar-refractivity contribution < 1.29 is 0 Å². The summed E-state index contributed by atoms with van der Waals surface area (Å²) in [5.41, 5.74) is 0. The fourth-order valence-corrected chi connectivity index (χ4v) is 2.74. The van der Waals surface area contributed by atoms with E-state index in [0.29, 0.717) is 17.9 Å². The molecule has 2 heterocycles. The molecule has 0 aromatic carbocycles. The zero-order valence-corrected chi connectivity index (χ0v) is 10.8. The number of thioether (sulfide) groups is 1. The third-order valence-corrected chi connectivity index (χ3v) is 3.59. The number of rotatable bonds is 3. The van der Waals surface area contributed by atoms with Crippen LogP contribution in [0.1, 0.15) is 6.42 Å². The summed E-state index contributed by atoms with van der Waals surface area (Å²) in [6.07, 6.45) is 1.14. The van der Waals surface area contributed by atoms with Gasteiger partial charge in [-0.1, -0.05) is 0 Å². The highest BCUT2D eigenvalue weighted by Gasteiger charge is 2.17. The molecule has 0 aliphatic carbocycles. The van der Waals surface area contributed by atoms with E-state index in [1.54, 1.807) is 0 Å². The summed E-state index contributed by atoms with van der Waals surface area (Å²) in [4.78, 5) is 14.2. The summed E-state index contributed by atoms with van der Waals surface area (Å²) >= 11 is 7.78. The van der Waals surface area contributed by atoms with Crippen LogP contribution in [0.3, 0.4) is 0 Å². The first-order valence-corrected chi connectivity index (χ1v) is 6.61. The molecule has 88 valence electrons. The molecule has 1 unspecified atom stereocenters. The highest BCUT2D eigenvalue weighted by Crippen LogP contribution is 2.20. The van der Waals surface area contributed by atoms with E-state index in [1.165, 1.54) is 5.75 Å². The molecule has 1 atom stereocenters. The summed E-state index contributed by atoms with van der Waals surface area (Å²) < 4.78 is 0. The minimum absolute atomic E-state index is 0.229. The second-order valence-corrected chi connectivity index (χ2v) is 5.32. The first-order chi connectivity index (χ1) is 7.65. The molecular formula is C9H14ClN5S. The second-order valence-electron chi connectivity index (χ2n) is 3.83. The van der Waals surface area contributed by atoms with Gasteiger partial charge in [0.15, 0.2) is 0 Å². The molecule has 0 radical (unpaired) electrons. The molecule has 0 saturated carbocycles. The van der Waals surface area contributed by atoms with E-state index < -0.39 is 0 Å². The van der Waals surface area contributed by atoms with Gasteiger partial charge in [-0.2, -0.15) is 26.7 Å². The van der Waals surface area contributed by atoms with Gasteiger partial charge in [-0.25, -0.2) is 0 Å². The summed E-state index contributed by atoms with van der Waals surface area (Å²) in [7, 11) is 3.75. The Morgan fingerprint density at radius 1 is 1.38 bits per heavy atom. The maximum atomic E-state index is 5.85. The van der Waals surface area contributed by atoms with Crippen LogP contribution in [0.5, 0.6) is 0 Å². The molecule has 16 heavy (non-hydrogen) atoms. The van der Waals surface area contributed by atoms with Crippen molar-refractivity contribution in [2.75, 3.05) is 35.8 Å². The molecular weight excluding hydrogens is 246 g/mol. The Labute approximate surface area is 104 Å². The number of hydrogen-bond donors (Lipinski definition) is 1. The van der Waals surface area contributed by atoms with Crippen LogP contribution in [0.25, 0.3) is 0 Å². The number of halogens is 1. The van der Waals surface area contributed by atoms with Crippen LogP contribution in [-0.4, -0.2) is 46.6 Å². The molecule has 1 N–H and O–H groups in total. The maximum Gasteiger partial charge on any atom is 0.230 e. The summed E-state index contributed by atoms with van der Waals surface area (Å²) in [5.74, 6) is 3.43. The van der Waals surface area contributed by atoms with Gasteiger partial charge >= 0.3 is 0 Å². The van der Waals surface area contributed by atoms with Gasteiger partial charge in [-0.15, -0.1) is 0 Å². The Bertz CT molecular complexity index is 367. The van der Waals surface area contributed by atoms with Crippen LogP contribution in [0, 0.1) is 0 Å². The lowest BCUT2D eigenvalue weighted by atomic mass is 10.3. The van der Waals surface area contributed by atoms with Crippen molar-refractivity contribution in [1.82, 2.24) is 15.0 Å². The van der Waals surface area contributed by atoms with E-state index in [0.717, 1.165) is 12.2 Å². The van der Waals surface area contributed by atoms with E-state index in [1.807, 2.05) is 30.8 Å². The number of hydrogen-bond acceptors (Lipinski definition) is 6. The van der Waals surface area contributed by atoms with Gasteiger partial charge in [0.05, 0.1) is 0 Å². The van der Waals surface area contributed by atoms with Crippen molar-refractivity contribution in [3.63, 3.8) is 0 Å². The van der Waals surface area contributed by atoms with Crippen molar-refractivity contribution in [3.8, 4) is 0 Å². The van der Waals surface area contributed by atoms with E-state index >= 15 is 0 Å². The van der Waals surface area contributed by atoms with Crippen LogP contribution >= 0.6 is 23.4 Å². The normalized spacial score (nSPS) is 19.8. The van der Waals surface area contributed by atoms with Gasteiger partial charge in [0.2, 0.25) is 17.2 Å². The van der Waals surface area contributed by atoms with E-state index in [9.17, 15) is 0 Å². The molecule has 0 bridgehead atoms. The monoisotopic (exact) mass is 259 g/mol. The van der Waals surface area contributed by atoms with Crippen molar-refractivity contribution >= 4 is 35.3 Å². The topological polar surface area (TPSA) is 53.9 Å². The molecule has 7 heteroatoms. The Morgan fingerprint density at radius 2 is 2.19 bits per heavy atom. The first kappa shape index (κ1) is 11.7. The maximum absolute atomic E-state index is 5.85. The number of aromatic nitrogens is 3. The van der Waals surface area contributed by atoms with Gasteiger partial charge in [0.1, 0.15) is 0 Å².